The summed E-state index contributed by atoms with van der Waals surface area (Å²) in [6, 6.07) is 10.7. The molecule has 2 rings (SSSR count). The molecule has 0 radical (unpaired) electrons. The molecule has 100 valence electrons. The highest BCUT2D eigenvalue weighted by Gasteiger charge is 2.25. The molecule has 1 aromatic rings. The summed E-state index contributed by atoms with van der Waals surface area (Å²) >= 11 is 0. The summed E-state index contributed by atoms with van der Waals surface area (Å²) in [5.41, 5.74) is 1.25. The third-order valence-corrected chi connectivity index (χ3v) is 3.15. The lowest BCUT2D eigenvalue weighted by Gasteiger charge is -2.40. The summed E-state index contributed by atoms with van der Waals surface area (Å²) < 4.78 is 0. The number of nitrogens with zero attached hydrogens (tertiary/aromatic N) is 2. The van der Waals surface area contributed by atoms with Crippen molar-refractivity contribution in [2.24, 2.45) is 0 Å². The smallest absolute Gasteiger partial charge is 0.219 e. The Morgan fingerprint density at radius 1 is 1.17 bits per heavy atom. The largest absolute Gasteiger partial charge is 0.368 e. The number of carbonyl (C=O) groups excluding carboxylic acids is 1. The molecule has 3 nitrogen and oxygen atoms in total. The van der Waals surface area contributed by atoms with E-state index in [0.717, 1.165) is 19.6 Å². The fourth-order valence-corrected chi connectivity index (χ4v) is 2.30. The predicted molar refractivity (Wildman–Crippen MR) is 76.9 cm³/mol. The predicted octanol–water partition coefficient (Wildman–Crippen LogP) is 2.77. The molecular formula is C15H24N2O. The summed E-state index contributed by atoms with van der Waals surface area (Å²) in [5.74, 6) is 0.181. The Kier molecular flexibility index (Phi) is 5.69. The van der Waals surface area contributed by atoms with Crippen molar-refractivity contribution in [2.75, 3.05) is 24.5 Å². The molecule has 0 saturated carbocycles. The first kappa shape index (κ1) is 14.6. The van der Waals surface area contributed by atoms with Crippen LogP contribution in [0.25, 0.3) is 0 Å². The van der Waals surface area contributed by atoms with E-state index in [4.69, 9.17) is 0 Å². The van der Waals surface area contributed by atoms with Gasteiger partial charge in [0.25, 0.3) is 0 Å². The fourth-order valence-electron chi connectivity index (χ4n) is 2.30. The van der Waals surface area contributed by atoms with Crippen molar-refractivity contribution in [3.05, 3.63) is 30.3 Å². The van der Waals surface area contributed by atoms with Gasteiger partial charge in [-0.25, -0.2) is 0 Å². The molecule has 1 heterocycles. The second-order valence-electron chi connectivity index (χ2n) is 4.34. The van der Waals surface area contributed by atoms with Gasteiger partial charge >= 0.3 is 0 Å². The third kappa shape index (κ3) is 3.49. The van der Waals surface area contributed by atoms with E-state index < -0.39 is 0 Å². The number of para-hydroxylation sites is 1. The number of amides is 1. The highest BCUT2D eigenvalue weighted by Crippen LogP contribution is 2.18. The Balaban J connectivity index is 0.000000771. The molecule has 1 aromatic carbocycles. The average Bonchev–Trinajstić information content (AvgIpc) is 2.41. The quantitative estimate of drug-likeness (QED) is 0.763. The second kappa shape index (κ2) is 7.04. The SMILES string of the molecule is CC.CC(=O)N1CCN(c2ccccc2)CC1C. The van der Waals surface area contributed by atoms with E-state index in [9.17, 15) is 4.79 Å². The average molecular weight is 248 g/mol. The van der Waals surface area contributed by atoms with Crippen LogP contribution in [0.2, 0.25) is 0 Å². The van der Waals surface area contributed by atoms with E-state index >= 15 is 0 Å². The topological polar surface area (TPSA) is 23.6 Å². The summed E-state index contributed by atoms with van der Waals surface area (Å²) in [6.07, 6.45) is 0. The molecule has 0 aromatic heterocycles. The zero-order valence-corrected chi connectivity index (χ0v) is 11.9. The van der Waals surface area contributed by atoms with Gasteiger partial charge in [0.1, 0.15) is 0 Å². The molecule has 1 unspecified atom stereocenters. The van der Waals surface area contributed by atoms with Gasteiger partial charge in [0.15, 0.2) is 0 Å². The number of anilines is 1. The minimum Gasteiger partial charge on any atom is -0.368 e. The summed E-state index contributed by atoms with van der Waals surface area (Å²) in [5, 5.41) is 0. The van der Waals surface area contributed by atoms with Gasteiger partial charge in [-0.3, -0.25) is 4.79 Å². The van der Waals surface area contributed by atoms with Crippen LogP contribution in [0.5, 0.6) is 0 Å². The minimum atomic E-state index is 0.181. The Bertz CT molecular complexity index is 364. The molecule has 1 fully saturated rings. The zero-order valence-electron chi connectivity index (χ0n) is 11.9. The minimum absolute atomic E-state index is 0.181. The van der Waals surface area contributed by atoms with Crippen LogP contribution < -0.4 is 4.90 Å². The van der Waals surface area contributed by atoms with Gasteiger partial charge in [0, 0.05) is 38.3 Å². The van der Waals surface area contributed by atoms with Crippen LogP contribution in [0.3, 0.4) is 0 Å². The lowest BCUT2D eigenvalue weighted by molar-refractivity contribution is -0.131. The highest BCUT2D eigenvalue weighted by molar-refractivity contribution is 5.74. The Morgan fingerprint density at radius 2 is 1.78 bits per heavy atom. The monoisotopic (exact) mass is 248 g/mol. The first-order chi connectivity index (χ1) is 8.68. The van der Waals surface area contributed by atoms with Gasteiger partial charge in [-0.1, -0.05) is 32.0 Å². The Hall–Kier alpha value is -1.51. The summed E-state index contributed by atoms with van der Waals surface area (Å²) in [7, 11) is 0. The number of carbonyl (C=O) groups is 1. The molecule has 1 saturated heterocycles. The maximum absolute atomic E-state index is 11.4. The zero-order chi connectivity index (χ0) is 13.5. The van der Waals surface area contributed by atoms with Crippen molar-refractivity contribution in [3.8, 4) is 0 Å². The van der Waals surface area contributed by atoms with Crippen LogP contribution in [0.4, 0.5) is 5.69 Å². The molecule has 1 aliphatic rings. The molecule has 3 heteroatoms. The number of piperazine rings is 1. The molecule has 0 spiro atoms. The molecular weight excluding hydrogens is 224 g/mol. The van der Waals surface area contributed by atoms with E-state index in [2.05, 4.69) is 36.1 Å². The number of hydrogen-bond donors (Lipinski definition) is 0. The van der Waals surface area contributed by atoms with Gasteiger partial charge in [-0.15, -0.1) is 0 Å². The summed E-state index contributed by atoms with van der Waals surface area (Å²) in [4.78, 5) is 15.6. The van der Waals surface area contributed by atoms with E-state index in [0.29, 0.717) is 6.04 Å². The number of rotatable bonds is 1. The number of hydrogen-bond acceptors (Lipinski definition) is 2. The first-order valence-electron chi connectivity index (χ1n) is 6.75. The van der Waals surface area contributed by atoms with Crippen molar-refractivity contribution in [1.29, 1.82) is 0 Å². The van der Waals surface area contributed by atoms with Gasteiger partial charge < -0.3 is 9.80 Å². The van der Waals surface area contributed by atoms with Crippen molar-refractivity contribution in [2.45, 2.75) is 33.7 Å². The highest BCUT2D eigenvalue weighted by atomic mass is 16.2. The maximum atomic E-state index is 11.4. The third-order valence-electron chi connectivity index (χ3n) is 3.15. The summed E-state index contributed by atoms with van der Waals surface area (Å²) in [6.45, 7) is 10.4. The molecule has 18 heavy (non-hydrogen) atoms. The fraction of sp³-hybridized carbons (Fsp3) is 0.533. The van der Waals surface area contributed by atoms with Crippen molar-refractivity contribution < 1.29 is 4.79 Å². The first-order valence-corrected chi connectivity index (χ1v) is 6.75. The van der Waals surface area contributed by atoms with Crippen LogP contribution in [0, 0.1) is 0 Å². The number of benzene rings is 1. The van der Waals surface area contributed by atoms with E-state index in [-0.39, 0.29) is 5.91 Å². The normalized spacial score (nSPS) is 19.0. The van der Waals surface area contributed by atoms with Crippen LogP contribution in [0.15, 0.2) is 30.3 Å². The molecule has 0 N–H and O–H groups in total. The lowest BCUT2D eigenvalue weighted by Crippen LogP contribution is -2.53. The van der Waals surface area contributed by atoms with Crippen LogP contribution in [-0.2, 0) is 4.79 Å². The second-order valence-corrected chi connectivity index (χ2v) is 4.34. The maximum Gasteiger partial charge on any atom is 0.219 e. The van der Waals surface area contributed by atoms with Crippen LogP contribution >= 0.6 is 0 Å². The van der Waals surface area contributed by atoms with Crippen LogP contribution in [0.1, 0.15) is 27.7 Å². The molecule has 1 atom stereocenters. The van der Waals surface area contributed by atoms with Gasteiger partial charge in [-0.05, 0) is 19.1 Å². The Labute approximate surface area is 110 Å². The van der Waals surface area contributed by atoms with E-state index in [1.807, 2.05) is 24.8 Å². The molecule has 1 aliphatic heterocycles. The van der Waals surface area contributed by atoms with Crippen molar-refractivity contribution >= 4 is 11.6 Å². The van der Waals surface area contributed by atoms with Gasteiger partial charge in [0.2, 0.25) is 5.91 Å². The van der Waals surface area contributed by atoms with E-state index in [1.54, 1.807) is 6.92 Å². The molecule has 1 amide bonds. The van der Waals surface area contributed by atoms with Gasteiger partial charge in [-0.2, -0.15) is 0 Å². The molecule has 0 bridgehead atoms. The van der Waals surface area contributed by atoms with Crippen molar-refractivity contribution in [3.63, 3.8) is 0 Å². The molecule has 0 aliphatic carbocycles. The van der Waals surface area contributed by atoms with E-state index in [1.165, 1.54) is 5.69 Å². The van der Waals surface area contributed by atoms with Crippen molar-refractivity contribution in [1.82, 2.24) is 4.90 Å². The standard InChI is InChI=1S/C13H18N2O.C2H6/c1-11-10-14(8-9-15(11)12(2)16)13-6-4-3-5-7-13;1-2/h3-7,11H,8-10H2,1-2H3;1-2H3. The van der Waals surface area contributed by atoms with Crippen LogP contribution in [-0.4, -0.2) is 36.5 Å². The Morgan fingerprint density at radius 3 is 2.28 bits per heavy atom. The lowest BCUT2D eigenvalue weighted by atomic mass is 10.1. The van der Waals surface area contributed by atoms with Gasteiger partial charge in [0.05, 0.1) is 0 Å².